The molecule has 3 rings (SSSR count). The SMILES string of the molecule is CCOC(=O)c1cc(NS(=O)(=O)c2cccc3nsnc23)cc(C(=O)OCC)c1. The van der Waals surface area contributed by atoms with Crippen molar-refractivity contribution in [2.45, 2.75) is 18.7 Å². The largest absolute Gasteiger partial charge is 0.462 e. The number of benzene rings is 2. The van der Waals surface area contributed by atoms with E-state index in [1.165, 1.54) is 24.3 Å². The first-order valence-corrected chi connectivity index (χ1v) is 10.8. The number of carbonyl (C=O) groups excluding carboxylic acids is 2. The Bertz CT molecular complexity index is 1140. The summed E-state index contributed by atoms with van der Waals surface area (Å²) < 4.78 is 46.2. The van der Waals surface area contributed by atoms with Crippen molar-refractivity contribution in [2.24, 2.45) is 0 Å². The third-order valence-corrected chi connectivity index (χ3v) is 5.70. The number of fused-ring (bicyclic) bond motifs is 1. The van der Waals surface area contributed by atoms with Crippen molar-refractivity contribution in [3.8, 4) is 0 Å². The molecule has 3 aromatic rings. The number of aromatic nitrogens is 2. The molecule has 1 aromatic heterocycles. The van der Waals surface area contributed by atoms with Crippen molar-refractivity contribution < 1.29 is 27.5 Å². The van der Waals surface area contributed by atoms with Gasteiger partial charge in [0.15, 0.2) is 0 Å². The summed E-state index contributed by atoms with van der Waals surface area (Å²) >= 11 is 0.898. The molecule has 0 spiro atoms. The smallest absolute Gasteiger partial charge is 0.338 e. The van der Waals surface area contributed by atoms with Crippen LogP contribution in [0.3, 0.4) is 0 Å². The van der Waals surface area contributed by atoms with E-state index in [1.807, 2.05) is 0 Å². The molecule has 0 fully saturated rings. The number of rotatable bonds is 7. The molecule has 152 valence electrons. The number of nitrogens with zero attached hydrogens (tertiary/aromatic N) is 2. The Kier molecular flexibility index (Phi) is 6.09. The predicted octanol–water partition coefficient (Wildman–Crippen LogP) is 2.85. The van der Waals surface area contributed by atoms with E-state index in [0.717, 1.165) is 11.7 Å². The van der Waals surface area contributed by atoms with Gasteiger partial charge in [0.1, 0.15) is 15.9 Å². The lowest BCUT2D eigenvalue weighted by molar-refractivity contribution is 0.0525. The van der Waals surface area contributed by atoms with Gasteiger partial charge in [0.25, 0.3) is 10.0 Å². The lowest BCUT2D eigenvalue weighted by Crippen LogP contribution is -2.16. The van der Waals surface area contributed by atoms with Gasteiger partial charge in [-0.25, -0.2) is 18.0 Å². The average Bonchev–Trinajstić information content (AvgIpc) is 3.16. The zero-order valence-corrected chi connectivity index (χ0v) is 17.2. The number of sulfonamides is 1. The zero-order chi connectivity index (χ0) is 21.0. The molecule has 29 heavy (non-hydrogen) atoms. The van der Waals surface area contributed by atoms with E-state index in [2.05, 4.69) is 13.5 Å². The van der Waals surface area contributed by atoms with Gasteiger partial charge in [-0.15, -0.1) is 0 Å². The van der Waals surface area contributed by atoms with Crippen LogP contribution in [0.1, 0.15) is 34.6 Å². The molecule has 0 radical (unpaired) electrons. The van der Waals surface area contributed by atoms with Gasteiger partial charge in [-0.3, -0.25) is 4.72 Å². The number of nitrogens with one attached hydrogen (secondary N) is 1. The molecule has 1 N–H and O–H groups in total. The number of anilines is 1. The first-order chi connectivity index (χ1) is 13.9. The van der Waals surface area contributed by atoms with Crippen LogP contribution in [0.4, 0.5) is 5.69 Å². The Morgan fingerprint density at radius 3 is 2.21 bits per heavy atom. The summed E-state index contributed by atoms with van der Waals surface area (Å²) in [5, 5.41) is 0. The summed E-state index contributed by atoms with van der Waals surface area (Å²) in [7, 11) is -4.07. The van der Waals surface area contributed by atoms with Crippen LogP contribution in [0.2, 0.25) is 0 Å². The van der Waals surface area contributed by atoms with Crippen LogP contribution >= 0.6 is 11.7 Å². The molecular formula is C18H17N3O6S2. The lowest BCUT2D eigenvalue weighted by atomic mass is 10.1. The summed E-state index contributed by atoms with van der Waals surface area (Å²) in [6.45, 7) is 3.53. The monoisotopic (exact) mass is 435 g/mol. The molecule has 0 saturated heterocycles. The molecule has 9 nitrogen and oxygen atoms in total. The van der Waals surface area contributed by atoms with Crippen LogP contribution in [0.25, 0.3) is 11.0 Å². The van der Waals surface area contributed by atoms with E-state index < -0.39 is 22.0 Å². The van der Waals surface area contributed by atoms with Crippen LogP contribution in [-0.4, -0.2) is 42.3 Å². The Labute approximate surface area is 171 Å². The van der Waals surface area contributed by atoms with Crippen molar-refractivity contribution >= 4 is 50.4 Å². The van der Waals surface area contributed by atoms with E-state index in [1.54, 1.807) is 26.0 Å². The Hall–Kier alpha value is -3.05. The normalized spacial score (nSPS) is 11.2. The number of esters is 2. The van der Waals surface area contributed by atoms with Crippen LogP contribution in [0, 0.1) is 0 Å². The van der Waals surface area contributed by atoms with Crippen LogP contribution in [-0.2, 0) is 19.5 Å². The molecule has 1 heterocycles. The molecule has 0 aliphatic carbocycles. The second kappa shape index (κ2) is 8.53. The molecule has 0 unspecified atom stereocenters. The Morgan fingerprint density at radius 2 is 1.62 bits per heavy atom. The molecule has 0 aliphatic rings. The topological polar surface area (TPSA) is 125 Å². The first-order valence-electron chi connectivity index (χ1n) is 8.59. The Balaban J connectivity index is 2.03. The molecular weight excluding hydrogens is 418 g/mol. The van der Waals surface area contributed by atoms with Crippen molar-refractivity contribution in [3.63, 3.8) is 0 Å². The van der Waals surface area contributed by atoms with Crippen molar-refractivity contribution in [1.29, 1.82) is 0 Å². The molecule has 0 atom stereocenters. The van der Waals surface area contributed by atoms with Gasteiger partial charge in [0, 0.05) is 0 Å². The number of ether oxygens (including phenoxy) is 2. The standard InChI is InChI=1S/C18H17N3O6S2/c1-3-26-17(22)11-8-12(18(23)27-4-2)10-13(9-11)21-29(24,25)15-7-5-6-14-16(15)20-28-19-14/h5-10,21H,3-4H2,1-2H3. The molecule has 2 aromatic carbocycles. The Morgan fingerprint density at radius 1 is 1.00 bits per heavy atom. The summed E-state index contributed by atoms with van der Waals surface area (Å²) in [5.41, 5.74) is 0.730. The predicted molar refractivity (Wildman–Crippen MR) is 107 cm³/mol. The quantitative estimate of drug-likeness (QED) is 0.562. The van der Waals surface area contributed by atoms with Gasteiger partial charge < -0.3 is 9.47 Å². The maximum atomic E-state index is 12.9. The van der Waals surface area contributed by atoms with Gasteiger partial charge in [-0.05, 0) is 44.2 Å². The van der Waals surface area contributed by atoms with Crippen molar-refractivity contribution in [2.75, 3.05) is 17.9 Å². The molecule has 0 saturated carbocycles. The minimum atomic E-state index is -4.07. The van der Waals surface area contributed by atoms with E-state index in [0.29, 0.717) is 5.52 Å². The summed E-state index contributed by atoms with van der Waals surface area (Å²) in [5.74, 6) is -1.38. The molecule has 0 amide bonds. The molecule has 11 heteroatoms. The number of hydrogen-bond acceptors (Lipinski definition) is 9. The zero-order valence-electron chi connectivity index (χ0n) is 15.5. The number of hydrogen-bond donors (Lipinski definition) is 1. The highest BCUT2D eigenvalue weighted by Gasteiger charge is 2.22. The first kappa shape index (κ1) is 20.7. The minimum Gasteiger partial charge on any atom is -0.462 e. The summed E-state index contributed by atoms with van der Waals surface area (Å²) in [4.78, 5) is 24.2. The van der Waals surface area contributed by atoms with Gasteiger partial charge in [-0.2, -0.15) is 8.75 Å². The highest BCUT2D eigenvalue weighted by molar-refractivity contribution is 7.93. The van der Waals surface area contributed by atoms with E-state index in [-0.39, 0.29) is 40.4 Å². The summed E-state index contributed by atoms with van der Waals surface area (Å²) in [6, 6.07) is 8.47. The van der Waals surface area contributed by atoms with Gasteiger partial charge in [-0.1, -0.05) is 6.07 Å². The molecule has 0 bridgehead atoms. The lowest BCUT2D eigenvalue weighted by Gasteiger charge is -2.12. The van der Waals surface area contributed by atoms with Crippen LogP contribution in [0.15, 0.2) is 41.3 Å². The fourth-order valence-electron chi connectivity index (χ4n) is 2.56. The highest BCUT2D eigenvalue weighted by Crippen LogP contribution is 2.25. The molecule has 0 aliphatic heterocycles. The third kappa shape index (κ3) is 4.51. The second-order valence-corrected chi connectivity index (χ2v) is 7.91. The van der Waals surface area contributed by atoms with Crippen molar-refractivity contribution in [3.05, 3.63) is 47.5 Å². The van der Waals surface area contributed by atoms with Gasteiger partial charge in [0.2, 0.25) is 0 Å². The summed E-state index contributed by atoms with van der Waals surface area (Å²) in [6.07, 6.45) is 0. The third-order valence-electron chi connectivity index (χ3n) is 3.75. The van der Waals surface area contributed by atoms with Gasteiger partial charge in [0.05, 0.1) is 41.8 Å². The minimum absolute atomic E-state index is 0.0128. The van der Waals surface area contributed by atoms with Crippen LogP contribution in [0.5, 0.6) is 0 Å². The maximum absolute atomic E-state index is 12.9. The van der Waals surface area contributed by atoms with E-state index >= 15 is 0 Å². The van der Waals surface area contributed by atoms with E-state index in [4.69, 9.17) is 9.47 Å². The average molecular weight is 435 g/mol. The maximum Gasteiger partial charge on any atom is 0.338 e. The van der Waals surface area contributed by atoms with Crippen molar-refractivity contribution in [1.82, 2.24) is 8.75 Å². The van der Waals surface area contributed by atoms with Gasteiger partial charge >= 0.3 is 11.9 Å². The van der Waals surface area contributed by atoms with Crippen LogP contribution < -0.4 is 4.72 Å². The fourth-order valence-corrected chi connectivity index (χ4v) is 4.37. The fraction of sp³-hybridized carbons (Fsp3) is 0.222. The number of carbonyl (C=O) groups is 2. The van der Waals surface area contributed by atoms with E-state index in [9.17, 15) is 18.0 Å². The highest BCUT2D eigenvalue weighted by atomic mass is 32.2. The second-order valence-electron chi connectivity index (χ2n) is 5.73.